The summed E-state index contributed by atoms with van der Waals surface area (Å²) in [7, 11) is -4.22. The Morgan fingerprint density at radius 1 is 0.800 bits per heavy atom. The number of rotatable bonds is 13. The third kappa shape index (κ3) is 8.57. The van der Waals surface area contributed by atoms with Crippen molar-refractivity contribution in [2.75, 3.05) is 10.8 Å². The largest absolute Gasteiger partial charge is 0.457 e. The number of hydrogen-bond acceptors (Lipinski definition) is 5. The molecule has 0 aliphatic heterocycles. The van der Waals surface area contributed by atoms with Gasteiger partial charge in [0.25, 0.3) is 10.0 Å². The van der Waals surface area contributed by atoms with Gasteiger partial charge in [0, 0.05) is 28.2 Å². The van der Waals surface area contributed by atoms with Gasteiger partial charge in [0.2, 0.25) is 11.8 Å². The van der Waals surface area contributed by atoms with Gasteiger partial charge >= 0.3 is 0 Å². The lowest BCUT2D eigenvalue weighted by molar-refractivity contribution is -0.140. The minimum absolute atomic E-state index is 0.00713. The number of halogens is 2. The first-order chi connectivity index (χ1) is 21.5. The molecule has 4 aromatic rings. The molecule has 0 radical (unpaired) electrons. The van der Waals surface area contributed by atoms with E-state index in [0.717, 1.165) is 4.31 Å². The molecule has 0 saturated carbocycles. The highest BCUT2D eigenvalue weighted by molar-refractivity contribution is 7.92. The molecule has 0 unspecified atom stereocenters. The molecule has 1 atom stereocenters. The Morgan fingerprint density at radius 2 is 1.36 bits per heavy atom. The van der Waals surface area contributed by atoms with Gasteiger partial charge < -0.3 is 15.0 Å². The van der Waals surface area contributed by atoms with Gasteiger partial charge in [0.05, 0.1) is 10.6 Å². The number of anilines is 1. The van der Waals surface area contributed by atoms with E-state index in [1.165, 1.54) is 17.0 Å². The lowest BCUT2D eigenvalue weighted by Gasteiger charge is -2.34. The van der Waals surface area contributed by atoms with Crippen molar-refractivity contribution in [3.8, 4) is 11.5 Å². The standard InChI is InChI=1S/C34H35Cl2N3O5S/c1-4-32(34(41)37-24(2)3)38(22-29-30(35)16-11-17-31(29)36)33(40)23-39(45(42,43)28-14-9-6-10-15-28)25-18-20-27(21-19-25)44-26-12-7-5-8-13-26/h5-21,24,32H,4,22-23H2,1-3H3,(H,37,41)/t32-/m0/s1. The van der Waals surface area contributed by atoms with E-state index in [4.69, 9.17) is 27.9 Å². The van der Waals surface area contributed by atoms with Crippen LogP contribution >= 0.6 is 23.2 Å². The zero-order chi connectivity index (χ0) is 32.6. The number of amides is 2. The van der Waals surface area contributed by atoms with Crippen molar-refractivity contribution in [1.82, 2.24) is 10.2 Å². The Hall–Kier alpha value is -4.05. The van der Waals surface area contributed by atoms with E-state index in [2.05, 4.69) is 5.32 Å². The summed E-state index contributed by atoms with van der Waals surface area (Å²) in [6.45, 7) is 4.72. The Kier molecular flexibility index (Phi) is 11.5. The second-order valence-electron chi connectivity index (χ2n) is 10.5. The first-order valence-corrected chi connectivity index (χ1v) is 16.6. The molecule has 11 heteroatoms. The SMILES string of the molecule is CC[C@@H](C(=O)NC(C)C)N(Cc1c(Cl)cccc1Cl)C(=O)CN(c1ccc(Oc2ccccc2)cc1)S(=O)(=O)c1ccccc1. The van der Waals surface area contributed by atoms with Crippen LogP contribution in [0.25, 0.3) is 0 Å². The lowest BCUT2D eigenvalue weighted by atomic mass is 10.1. The summed E-state index contributed by atoms with van der Waals surface area (Å²) < 4.78 is 35.0. The van der Waals surface area contributed by atoms with Crippen LogP contribution in [0.3, 0.4) is 0 Å². The molecule has 2 amide bonds. The van der Waals surface area contributed by atoms with Crippen molar-refractivity contribution in [3.05, 3.63) is 119 Å². The molecule has 0 saturated heterocycles. The smallest absolute Gasteiger partial charge is 0.264 e. The topological polar surface area (TPSA) is 96.0 Å². The van der Waals surface area contributed by atoms with Crippen LogP contribution < -0.4 is 14.4 Å². The minimum Gasteiger partial charge on any atom is -0.457 e. The molecule has 0 aromatic heterocycles. The van der Waals surface area contributed by atoms with Gasteiger partial charge in [-0.15, -0.1) is 0 Å². The molecular weight excluding hydrogens is 633 g/mol. The number of carbonyl (C=O) groups is 2. The van der Waals surface area contributed by atoms with Gasteiger partial charge in [-0.3, -0.25) is 13.9 Å². The predicted octanol–water partition coefficient (Wildman–Crippen LogP) is 7.31. The van der Waals surface area contributed by atoms with E-state index in [0.29, 0.717) is 27.1 Å². The van der Waals surface area contributed by atoms with Crippen LogP contribution in [0, 0.1) is 0 Å². The fourth-order valence-corrected chi connectivity index (χ4v) is 6.66. The van der Waals surface area contributed by atoms with Crippen LogP contribution in [0.2, 0.25) is 10.0 Å². The Labute approximate surface area is 274 Å². The highest BCUT2D eigenvalue weighted by atomic mass is 35.5. The summed E-state index contributed by atoms with van der Waals surface area (Å²) in [5, 5.41) is 3.51. The number of nitrogens with one attached hydrogen (secondary N) is 1. The van der Waals surface area contributed by atoms with Crippen molar-refractivity contribution in [2.45, 2.75) is 50.7 Å². The molecule has 1 N–H and O–H groups in total. The van der Waals surface area contributed by atoms with Crippen molar-refractivity contribution >= 4 is 50.7 Å². The molecule has 45 heavy (non-hydrogen) atoms. The summed E-state index contributed by atoms with van der Waals surface area (Å²) in [5.74, 6) is 0.123. The summed E-state index contributed by atoms with van der Waals surface area (Å²) >= 11 is 13.0. The van der Waals surface area contributed by atoms with Crippen LogP contribution in [-0.4, -0.2) is 43.8 Å². The van der Waals surface area contributed by atoms with E-state index in [9.17, 15) is 18.0 Å². The molecular formula is C34H35Cl2N3O5S. The summed E-state index contributed by atoms with van der Waals surface area (Å²) in [6.07, 6.45) is 0.267. The molecule has 236 valence electrons. The summed E-state index contributed by atoms with van der Waals surface area (Å²) in [6, 6.07) is 27.3. The minimum atomic E-state index is -4.22. The second-order valence-corrected chi connectivity index (χ2v) is 13.2. The third-order valence-electron chi connectivity index (χ3n) is 6.92. The highest BCUT2D eigenvalue weighted by Gasteiger charge is 2.34. The fourth-order valence-electron chi connectivity index (χ4n) is 4.71. The number of para-hydroxylation sites is 1. The number of hydrogen-bond donors (Lipinski definition) is 1. The van der Waals surface area contributed by atoms with Crippen molar-refractivity contribution in [1.29, 1.82) is 0 Å². The maximum absolute atomic E-state index is 14.3. The quantitative estimate of drug-likeness (QED) is 0.161. The number of benzene rings is 4. The molecule has 4 aromatic carbocycles. The lowest BCUT2D eigenvalue weighted by Crippen LogP contribution is -2.53. The molecule has 8 nitrogen and oxygen atoms in total. The molecule has 0 spiro atoms. The van der Waals surface area contributed by atoms with Crippen LogP contribution in [0.5, 0.6) is 11.5 Å². The van der Waals surface area contributed by atoms with E-state index >= 15 is 0 Å². The van der Waals surface area contributed by atoms with Crippen LogP contribution in [-0.2, 0) is 26.2 Å². The van der Waals surface area contributed by atoms with Gasteiger partial charge in [-0.25, -0.2) is 8.42 Å². The zero-order valence-electron chi connectivity index (χ0n) is 25.2. The molecule has 0 heterocycles. The van der Waals surface area contributed by atoms with Crippen LogP contribution in [0.1, 0.15) is 32.8 Å². The first-order valence-electron chi connectivity index (χ1n) is 14.4. The molecule has 4 rings (SSSR count). The monoisotopic (exact) mass is 667 g/mol. The highest BCUT2D eigenvalue weighted by Crippen LogP contribution is 2.30. The second kappa shape index (κ2) is 15.3. The zero-order valence-corrected chi connectivity index (χ0v) is 27.5. The van der Waals surface area contributed by atoms with Gasteiger partial charge in [0.15, 0.2) is 0 Å². The molecule has 0 aliphatic carbocycles. The van der Waals surface area contributed by atoms with E-state index < -0.39 is 28.5 Å². The van der Waals surface area contributed by atoms with Gasteiger partial charge in [-0.2, -0.15) is 0 Å². The molecule has 0 fully saturated rings. The van der Waals surface area contributed by atoms with Crippen molar-refractivity contribution in [2.24, 2.45) is 0 Å². The molecule has 0 aliphatic rings. The Bertz CT molecular complexity index is 1680. The van der Waals surface area contributed by atoms with E-state index in [1.807, 2.05) is 32.0 Å². The number of ether oxygens (including phenoxy) is 1. The number of sulfonamides is 1. The Morgan fingerprint density at radius 3 is 1.91 bits per heavy atom. The van der Waals surface area contributed by atoms with Crippen molar-refractivity contribution in [3.63, 3.8) is 0 Å². The fraction of sp³-hybridized carbons (Fsp3) is 0.235. The number of nitrogens with zero attached hydrogens (tertiary/aromatic N) is 2. The first kappa shape index (κ1) is 33.8. The third-order valence-corrected chi connectivity index (χ3v) is 9.42. The maximum atomic E-state index is 14.3. The van der Waals surface area contributed by atoms with Gasteiger partial charge in [-0.05, 0) is 80.9 Å². The van der Waals surface area contributed by atoms with Crippen molar-refractivity contribution < 1.29 is 22.7 Å². The summed E-state index contributed by atoms with van der Waals surface area (Å²) in [4.78, 5) is 28.9. The summed E-state index contributed by atoms with van der Waals surface area (Å²) in [5.41, 5.74) is 0.688. The van der Waals surface area contributed by atoms with E-state index in [1.54, 1.807) is 79.7 Å². The predicted molar refractivity (Wildman–Crippen MR) is 178 cm³/mol. The van der Waals surface area contributed by atoms with Gasteiger partial charge in [0.1, 0.15) is 24.1 Å². The average Bonchev–Trinajstić information content (AvgIpc) is 3.02. The van der Waals surface area contributed by atoms with Crippen LogP contribution in [0.15, 0.2) is 108 Å². The van der Waals surface area contributed by atoms with Crippen LogP contribution in [0.4, 0.5) is 5.69 Å². The average molecular weight is 669 g/mol. The van der Waals surface area contributed by atoms with E-state index in [-0.39, 0.29) is 35.5 Å². The number of carbonyl (C=O) groups excluding carboxylic acids is 2. The van der Waals surface area contributed by atoms with Gasteiger partial charge in [-0.1, -0.05) is 72.6 Å². The normalized spacial score (nSPS) is 12.0. The maximum Gasteiger partial charge on any atom is 0.264 e. The Balaban J connectivity index is 1.74. The molecule has 0 bridgehead atoms.